The summed E-state index contributed by atoms with van der Waals surface area (Å²) in [4.78, 5) is 14.4. The molecule has 2 rings (SSSR count). The number of nitrogens with two attached hydrogens (primary N) is 1. The average molecular weight is 302 g/mol. The molecule has 1 heterocycles. The van der Waals surface area contributed by atoms with Gasteiger partial charge in [0.1, 0.15) is 0 Å². The second-order valence-electron chi connectivity index (χ2n) is 4.94. The van der Waals surface area contributed by atoms with Gasteiger partial charge in [0.05, 0.1) is 15.6 Å². The third-order valence-corrected chi connectivity index (χ3v) is 4.06. The Hall–Kier alpha value is -0.970. The molecular formula is C13H17Cl2N3O. The van der Waals surface area contributed by atoms with Crippen molar-refractivity contribution >= 4 is 34.8 Å². The molecule has 1 aromatic carbocycles. The molecular weight excluding hydrogens is 285 g/mol. The monoisotopic (exact) mass is 301 g/mol. The average Bonchev–Trinajstić information content (AvgIpc) is 2.33. The van der Waals surface area contributed by atoms with Gasteiger partial charge in [-0.3, -0.25) is 4.79 Å². The molecule has 6 heteroatoms. The molecule has 0 radical (unpaired) electrons. The van der Waals surface area contributed by atoms with E-state index in [9.17, 15) is 4.79 Å². The number of nitrogens with one attached hydrogen (secondary N) is 1. The standard InChI is InChI=1S/C13H17Cl2N3O/c1-18-4-2-3-9(7-18)17-13(19)10-5-8(16)6-11(14)12(10)15/h5-6,9H,2-4,7,16H2,1H3,(H,17,19). The maximum Gasteiger partial charge on any atom is 0.253 e. The number of piperidine rings is 1. The predicted molar refractivity (Wildman–Crippen MR) is 78.9 cm³/mol. The largest absolute Gasteiger partial charge is 0.399 e. The van der Waals surface area contributed by atoms with Crippen LogP contribution in [0.25, 0.3) is 0 Å². The number of likely N-dealkylation sites (tertiary alicyclic amines) is 1. The summed E-state index contributed by atoms with van der Waals surface area (Å²) in [6, 6.07) is 3.23. The van der Waals surface area contributed by atoms with E-state index in [1.807, 2.05) is 7.05 Å². The summed E-state index contributed by atoms with van der Waals surface area (Å²) in [7, 11) is 2.04. The fourth-order valence-corrected chi connectivity index (χ4v) is 2.75. The van der Waals surface area contributed by atoms with Crippen LogP contribution in [-0.2, 0) is 0 Å². The number of hydrogen-bond acceptors (Lipinski definition) is 3. The predicted octanol–water partition coefficient (Wildman–Crippen LogP) is 2.40. The second-order valence-corrected chi connectivity index (χ2v) is 5.72. The SMILES string of the molecule is CN1CCCC(NC(=O)c2cc(N)cc(Cl)c2Cl)C1. The molecule has 0 aromatic heterocycles. The van der Waals surface area contributed by atoms with Crippen LogP contribution in [0, 0.1) is 0 Å². The van der Waals surface area contributed by atoms with Gasteiger partial charge >= 0.3 is 0 Å². The first-order valence-electron chi connectivity index (χ1n) is 6.21. The fourth-order valence-electron chi connectivity index (χ4n) is 2.32. The van der Waals surface area contributed by atoms with Gasteiger partial charge in [-0.2, -0.15) is 0 Å². The van der Waals surface area contributed by atoms with E-state index in [2.05, 4.69) is 10.2 Å². The van der Waals surface area contributed by atoms with Gasteiger partial charge in [0.25, 0.3) is 5.91 Å². The molecule has 1 aliphatic rings. The molecule has 1 atom stereocenters. The Morgan fingerprint density at radius 2 is 2.21 bits per heavy atom. The van der Waals surface area contributed by atoms with E-state index >= 15 is 0 Å². The number of hydrogen-bond donors (Lipinski definition) is 2. The Kier molecular flexibility index (Phi) is 4.55. The summed E-state index contributed by atoms with van der Waals surface area (Å²) in [5.74, 6) is -0.223. The molecule has 104 valence electrons. The van der Waals surface area contributed by atoms with Crippen LogP contribution in [0.4, 0.5) is 5.69 Å². The molecule has 1 aliphatic heterocycles. The van der Waals surface area contributed by atoms with Gasteiger partial charge in [-0.15, -0.1) is 0 Å². The van der Waals surface area contributed by atoms with Crippen molar-refractivity contribution < 1.29 is 4.79 Å². The Balaban J connectivity index is 2.11. The zero-order valence-electron chi connectivity index (χ0n) is 10.7. The van der Waals surface area contributed by atoms with Crippen LogP contribution >= 0.6 is 23.2 Å². The summed E-state index contributed by atoms with van der Waals surface area (Å²) in [6.45, 7) is 1.91. The molecule has 0 saturated carbocycles. The Labute approximate surface area is 122 Å². The molecule has 1 saturated heterocycles. The van der Waals surface area contributed by atoms with Gasteiger partial charge in [-0.25, -0.2) is 0 Å². The lowest BCUT2D eigenvalue weighted by molar-refractivity contribution is 0.0912. The number of carbonyl (C=O) groups excluding carboxylic acids is 1. The molecule has 1 unspecified atom stereocenters. The quantitative estimate of drug-likeness (QED) is 0.825. The van der Waals surface area contributed by atoms with Crippen molar-refractivity contribution in [2.24, 2.45) is 0 Å². The number of halogens is 2. The minimum Gasteiger partial charge on any atom is -0.399 e. The Bertz CT molecular complexity index is 493. The lowest BCUT2D eigenvalue weighted by Crippen LogP contribution is -2.46. The van der Waals surface area contributed by atoms with Crippen LogP contribution in [0.15, 0.2) is 12.1 Å². The highest BCUT2D eigenvalue weighted by atomic mass is 35.5. The molecule has 4 nitrogen and oxygen atoms in total. The van der Waals surface area contributed by atoms with Crippen molar-refractivity contribution in [3.8, 4) is 0 Å². The van der Waals surface area contributed by atoms with E-state index in [1.165, 1.54) is 6.07 Å². The summed E-state index contributed by atoms with van der Waals surface area (Å²) in [5, 5.41) is 3.53. The van der Waals surface area contributed by atoms with E-state index in [0.29, 0.717) is 16.3 Å². The topological polar surface area (TPSA) is 58.4 Å². The third-order valence-electron chi connectivity index (χ3n) is 3.25. The number of amides is 1. The first-order chi connectivity index (χ1) is 8.97. The van der Waals surface area contributed by atoms with Crippen LogP contribution in [0.2, 0.25) is 10.0 Å². The lowest BCUT2D eigenvalue weighted by Gasteiger charge is -2.30. The number of rotatable bonds is 2. The number of carbonyl (C=O) groups is 1. The summed E-state index contributed by atoms with van der Waals surface area (Å²) >= 11 is 12.0. The second kappa shape index (κ2) is 5.99. The van der Waals surface area contributed by atoms with Gasteiger partial charge in [0, 0.05) is 18.3 Å². The molecule has 0 aliphatic carbocycles. The van der Waals surface area contributed by atoms with Crippen LogP contribution in [-0.4, -0.2) is 37.0 Å². The maximum absolute atomic E-state index is 12.2. The van der Waals surface area contributed by atoms with E-state index in [1.54, 1.807) is 6.07 Å². The third kappa shape index (κ3) is 3.53. The Morgan fingerprint density at radius 3 is 2.89 bits per heavy atom. The van der Waals surface area contributed by atoms with E-state index in [4.69, 9.17) is 28.9 Å². The number of anilines is 1. The van der Waals surface area contributed by atoms with Crippen molar-refractivity contribution in [3.05, 3.63) is 27.7 Å². The summed E-state index contributed by atoms with van der Waals surface area (Å²) in [5.41, 5.74) is 6.45. The van der Waals surface area contributed by atoms with Gasteiger partial charge in [-0.05, 0) is 38.6 Å². The summed E-state index contributed by atoms with van der Waals surface area (Å²) in [6.07, 6.45) is 2.05. The van der Waals surface area contributed by atoms with E-state index in [0.717, 1.165) is 25.9 Å². The lowest BCUT2D eigenvalue weighted by atomic mass is 10.1. The van der Waals surface area contributed by atoms with Gasteiger partial charge in [0.15, 0.2) is 0 Å². The van der Waals surface area contributed by atoms with Gasteiger partial charge in [0.2, 0.25) is 0 Å². The number of benzene rings is 1. The number of nitrogen functional groups attached to an aromatic ring is 1. The minimum atomic E-state index is -0.223. The first-order valence-corrected chi connectivity index (χ1v) is 6.97. The van der Waals surface area contributed by atoms with Crippen molar-refractivity contribution in [2.45, 2.75) is 18.9 Å². The van der Waals surface area contributed by atoms with Crippen molar-refractivity contribution in [1.29, 1.82) is 0 Å². The molecule has 1 amide bonds. The number of nitrogens with zero attached hydrogens (tertiary/aromatic N) is 1. The fraction of sp³-hybridized carbons (Fsp3) is 0.462. The highest BCUT2D eigenvalue weighted by Crippen LogP contribution is 2.28. The van der Waals surface area contributed by atoms with Crippen molar-refractivity contribution in [1.82, 2.24) is 10.2 Å². The Morgan fingerprint density at radius 1 is 1.47 bits per heavy atom. The first kappa shape index (κ1) is 14.4. The van der Waals surface area contributed by atoms with Crippen LogP contribution in [0.5, 0.6) is 0 Å². The number of likely N-dealkylation sites (N-methyl/N-ethyl adjacent to an activating group) is 1. The molecule has 0 spiro atoms. The molecule has 1 aromatic rings. The van der Waals surface area contributed by atoms with Crippen LogP contribution in [0.1, 0.15) is 23.2 Å². The van der Waals surface area contributed by atoms with Crippen molar-refractivity contribution in [3.63, 3.8) is 0 Å². The molecule has 19 heavy (non-hydrogen) atoms. The highest BCUT2D eigenvalue weighted by Gasteiger charge is 2.21. The zero-order valence-corrected chi connectivity index (χ0v) is 12.3. The van der Waals surface area contributed by atoms with Gasteiger partial charge < -0.3 is 16.0 Å². The smallest absolute Gasteiger partial charge is 0.253 e. The van der Waals surface area contributed by atoms with Crippen LogP contribution < -0.4 is 11.1 Å². The zero-order chi connectivity index (χ0) is 14.0. The molecule has 1 fully saturated rings. The maximum atomic E-state index is 12.2. The molecule has 0 bridgehead atoms. The molecule has 3 N–H and O–H groups in total. The van der Waals surface area contributed by atoms with Gasteiger partial charge in [-0.1, -0.05) is 23.2 Å². The normalized spacial score (nSPS) is 20.3. The van der Waals surface area contributed by atoms with Crippen molar-refractivity contribution in [2.75, 3.05) is 25.9 Å². The van der Waals surface area contributed by atoms with E-state index in [-0.39, 0.29) is 17.0 Å². The minimum absolute atomic E-state index is 0.141. The van der Waals surface area contributed by atoms with Crippen LogP contribution in [0.3, 0.4) is 0 Å². The summed E-state index contributed by atoms with van der Waals surface area (Å²) < 4.78 is 0. The van der Waals surface area contributed by atoms with E-state index < -0.39 is 0 Å². The highest BCUT2D eigenvalue weighted by molar-refractivity contribution is 6.44.